The van der Waals surface area contributed by atoms with Gasteiger partial charge in [0, 0.05) is 17.7 Å². The fraction of sp³-hybridized carbons (Fsp3) is 0.500. The molecule has 0 bridgehead atoms. The summed E-state index contributed by atoms with van der Waals surface area (Å²) in [6.45, 7) is 1.30. The van der Waals surface area contributed by atoms with Crippen molar-refractivity contribution in [2.75, 3.05) is 12.4 Å². The highest BCUT2D eigenvalue weighted by Crippen LogP contribution is 2.40. The van der Waals surface area contributed by atoms with Crippen LogP contribution in [-0.4, -0.2) is 63.4 Å². The summed E-state index contributed by atoms with van der Waals surface area (Å²) in [4.78, 5) is 58.6. The van der Waals surface area contributed by atoms with Crippen molar-refractivity contribution >= 4 is 41.4 Å². The van der Waals surface area contributed by atoms with E-state index in [-0.39, 0.29) is 42.3 Å². The van der Waals surface area contributed by atoms with Crippen LogP contribution in [0.4, 0.5) is 4.79 Å². The molecule has 10 nitrogen and oxygen atoms in total. The molecule has 0 radical (unpaired) electrons. The van der Waals surface area contributed by atoms with Crippen LogP contribution in [0, 0.1) is 0 Å². The number of ketones is 1. The number of fused-ring (bicyclic) bond motifs is 1. The predicted molar refractivity (Wildman–Crippen MR) is 85.1 cm³/mol. The topological polar surface area (TPSA) is 156 Å². The molecule has 11 heteroatoms. The van der Waals surface area contributed by atoms with E-state index in [0.29, 0.717) is 0 Å². The Hall–Kier alpha value is -2.56. The molecule has 1 fully saturated rings. The van der Waals surface area contributed by atoms with Crippen molar-refractivity contribution in [2.24, 2.45) is 5.73 Å². The van der Waals surface area contributed by atoms with Crippen LogP contribution in [0.1, 0.15) is 19.8 Å². The molecule has 0 aliphatic carbocycles. The molecule has 0 unspecified atom stereocenters. The fourth-order valence-electron chi connectivity index (χ4n) is 2.48. The first-order chi connectivity index (χ1) is 11.8. The van der Waals surface area contributed by atoms with Crippen LogP contribution in [-0.2, 0) is 23.9 Å². The number of hydrogen-bond donors (Lipinski definition) is 3. The van der Waals surface area contributed by atoms with Crippen LogP contribution in [0.3, 0.4) is 0 Å². The van der Waals surface area contributed by atoms with Gasteiger partial charge in [0.2, 0.25) is 5.91 Å². The number of amides is 3. The summed E-state index contributed by atoms with van der Waals surface area (Å²) in [6, 6.07) is -0.893. The van der Waals surface area contributed by atoms with E-state index in [1.807, 2.05) is 0 Å². The van der Waals surface area contributed by atoms with Crippen LogP contribution in [0.5, 0.6) is 0 Å². The second-order valence-electron chi connectivity index (χ2n) is 5.39. The standard InChI is InChI=1S/C14H17N3O7S/c1-2-7(18)3-8(19)16-9-11(20)17-10(13(21)22)6(4-24-14(15)23)5-25-12(9)17/h9,12H,2-5H2,1H3,(H2,15,23)(H,16,19)(H,21,22)/t9-,12+/m1/s1. The molecule has 0 saturated carbocycles. The second kappa shape index (κ2) is 7.55. The number of ether oxygens (including phenoxy) is 1. The van der Waals surface area contributed by atoms with Gasteiger partial charge in [0.1, 0.15) is 29.5 Å². The van der Waals surface area contributed by atoms with E-state index in [4.69, 9.17) is 5.73 Å². The van der Waals surface area contributed by atoms with E-state index in [2.05, 4.69) is 10.1 Å². The number of nitrogens with zero attached hydrogens (tertiary/aromatic N) is 1. The van der Waals surface area contributed by atoms with Gasteiger partial charge in [-0.15, -0.1) is 11.8 Å². The van der Waals surface area contributed by atoms with Gasteiger partial charge < -0.3 is 20.9 Å². The van der Waals surface area contributed by atoms with E-state index in [1.54, 1.807) is 6.92 Å². The molecule has 4 N–H and O–H groups in total. The summed E-state index contributed by atoms with van der Waals surface area (Å²) in [5.41, 5.74) is 4.84. The lowest BCUT2D eigenvalue weighted by atomic mass is 10.0. The number of carbonyl (C=O) groups excluding carboxylic acids is 4. The lowest BCUT2D eigenvalue weighted by molar-refractivity contribution is -0.151. The van der Waals surface area contributed by atoms with Gasteiger partial charge in [0.25, 0.3) is 5.91 Å². The minimum Gasteiger partial charge on any atom is -0.477 e. The molecule has 0 aromatic rings. The largest absolute Gasteiger partial charge is 0.477 e. The summed E-state index contributed by atoms with van der Waals surface area (Å²) in [7, 11) is 0. The molecule has 2 aliphatic rings. The number of aliphatic carboxylic acids is 1. The van der Waals surface area contributed by atoms with Crippen LogP contribution in [0.25, 0.3) is 0 Å². The molecule has 2 heterocycles. The van der Waals surface area contributed by atoms with Crippen LogP contribution in [0.15, 0.2) is 11.3 Å². The maximum absolute atomic E-state index is 12.3. The van der Waals surface area contributed by atoms with Gasteiger partial charge in [-0.2, -0.15) is 0 Å². The zero-order valence-corrected chi connectivity index (χ0v) is 14.1. The first-order valence-corrected chi connectivity index (χ1v) is 8.44. The first kappa shape index (κ1) is 18.8. The number of Topliss-reactive ketones (excluding diaryl/α,β-unsaturated/α-hetero) is 1. The van der Waals surface area contributed by atoms with E-state index in [0.717, 1.165) is 4.90 Å². The molecular formula is C14H17N3O7S. The third-order valence-electron chi connectivity index (χ3n) is 3.71. The number of primary amides is 1. The Morgan fingerprint density at radius 2 is 2.08 bits per heavy atom. The third kappa shape index (κ3) is 3.92. The number of rotatable bonds is 7. The molecule has 1 saturated heterocycles. The quantitative estimate of drug-likeness (QED) is 0.387. The zero-order valence-electron chi connectivity index (χ0n) is 13.3. The number of β-lactam (4-membered cyclic amide) rings is 1. The van der Waals surface area contributed by atoms with Crippen molar-refractivity contribution in [3.63, 3.8) is 0 Å². The summed E-state index contributed by atoms with van der Waals surface area (Å²) in [6.07, 6.45) is -1.16. The number of carboxylic acids is 1. The molecule has 0 aromatic carbocycles. The Bertz CT molecular complexity index is 675. The molecular weight excluding hydrogens is 354 g/mol. The predicted octanol–water partition coefficient (Wildman–Crippen LogP) is -0.810. The van der Waals surface area contributed by atoms with Crippen molar-refractivity contribution in [3.05, 3.63) is 11.3 Å². The molecule has 2 atom stereocenters. The molecule has 0 spiro atoms. The molecule has 3 amide bonds. The van der Waals surface area contributed by atoms with Gasteiger partial charge in [-0.3, -0.25) is 19.3 Å². The Kier molecular flexibility index (Phi) is 5.67. The maximum atomic E-state index is 12.3. The fourth-order valence-corrected chi connectivity index (χ4v) is 3.81. The van der Waals surface area contributed by atoms with Crippen LogP contribution >= 0.6 is 11.8 Å². The number of carboxylic acid groups (broad SMARTS) is 1. The third-order valence-corrected chi connectivity index (χ3v) is 5.05. The zero-order chi connectivity index (χ0) is 18.7. The Morgan fingerprint density at radius 1 is 1.40 bits per heavy atom. The summed E-state index contributed by atoms with van der Waals surface area (Å²) in [5.74, 6) is -2.57. The number of nitrogens with one attached hydrogen (secondary N) is 1. The average molecular weight is 371 g/mol. The molecule has 0 aromatic heterocycles. The van der Waals surface area contributed by atoms with Gasteiger partial charge in [0.05, 0.1) is 6.42 Å². The van der Waals surface area contributed by atoms with E-state index in [1.165, 1.54) is 11.8 Å². The highest BCUT2D eigenvalue weighted by molar-refractivity contribution is 8.00. The smallest absolute Gasteiger partial charge is 0.404 e. The summed E-state index contributed by atoms with van der Waals surface area (Å²) >= 11 is 1.22. The van der Waals surface area contributed by atoms with Crippen molar-refractivity contribution in [1.29, 1.82) is 0 Å². The minimum atomic E-state index is -1.34. The number of carbonyl (C=O) groups is 5. The Balaban J connectivity index is 2.10. The minimum absolute atomic E-state index is 0.198. The van der Waals surface area contributed by atoms with E-state index < -0.39 is 35.3 Å². The van der Waals surface area contributed by atoms with E-state index in [9.17, 15) is 29.1 Å². The second-order valence-corrected chi connectivity index (χ2v) is 6.49. The lowest BCUT2D eigenvalue weighted by Gasteiger charge is -2.49. The molecule has 25 heavy (non-hydrogen) atoms. The van der Waals surface area contributed by atoms with Crippen molar-refractivity contribution in [3.8, 4) is 0 Å². The van der Waals surface area contributed by atoms with Gasteiger partial charge in [-0.05, 0) is 0 Å². The van der Waals surface area contributed by atoms with Gasteiger partial charge in [0.15, 0.2) is 0 Å². The Morgan fingerprint density at radius 3 is 2.64 bits per heavy atom. The first-order valence-electron chi connectivity index (χ1n) is 7.39. The van der Waals surface area contributed by atoms with Gasteiger partial charge >= 0.3 is 12.1 Å². The van der Waals surface area contributed by atoms with Crippen LogP contribution in [0.2, 0.25) is 0 Å². The van der Waals surface area contributed by atoms with Crippen LogP contribution < -0.4 is 11.1 Å². The highest BCUT2D eigenvalue weighted by Gasteiger charge is 2.54. The lowest BCUT2D eigenvalue weighted by Crippen LogP contribution is -2.70. The van der Waals surface area contributed by atoms with Gasteiger partial charge in [-0.25, -0.2) is 9.59 Å². The molecule has 2 aliphatic heterocycles. The monoisotopic (exact) mass is 371 g/mol. The normalized spacial score (nSPS) is 22.0. The van der Waals surface area contributed by atoms with E-state index >= 15 is 0 Å². The van der Waals surface area contributed by atoms with Crippen molar-refractivity contribution in [2.45, 2.75) is 31.2 Å². The average Bonchev–Trinajstić information content (AvgIpc) is 2.56. The Labute approximate surface area is 146 Å². The number of nitrogens with two attached hydrogens (primary N) is 1. The molecule has 2 rings (SSSR count). The number of thioether (sulfide) groups is 1. The van der Waals surface area contributed by atoms with Crippen molar-refractivity contribution < 1.29 is 33.8 Å². The highest BCUT2D eigenvalue weighted by atomic mass is 32.2. The maximum Gasteiger partial charge on any atom is 0.404 e. The summed E-state index contributed by atoms with van der Waals surface area (Å²) in [5, 5.41) is 11.2. The summed E-state index contributed by atoms with van der Waals surface area (Å²) < 4.78 is 4.61. The number of hydrogen-bond acceptors (Lipinski definition) is 7. The molecule has 136 valence electrons. The van der Waals surface area contributed by atoms with Gasteiger partial charge in [-0.1, -0.05) is 6.92 Å². The SMILES string of the molecule is CCC(=O)CC(=O)N[C@@H]1C(=O)N2C(C(=O)O)=C(COC(N)=O)CS[C@@H]12. The van der Waals surface area contributed by atoms with Crippen molar-refractivity contribution in [1.82, 2.24) is 10.2 Å².